The van der Waals surface area contributed by atoms with Crippen molar-refractivity contribution in [2.75, 3.05) is 18.9 Å². The Balaban J connectivity index is 2.59. The zero-order valence-corrected chi connectivity index (χ0v) is 16.3. The molecule has 0 bridgehead atoms. The zero-order valence-electron chi connectivity index (χ0n) is 15.5. The maximum absolute atomic E-state index is 12.9. The highest BCUT2D eigenvalue weighted by molar-refractivity contribution is 7.93. The number of alkyl halides is 2. The van der Waals surface area contributed by atoms with E-state index in [9.17, 15) is 22.3 Å². The highest BCUT2D eigenvalue weighted by Gasteiger charge is 2.28. The Morgan fingerprint density at radius 3 is 2.29 bits per heavy atom. The predicted octanol–water partition coefficient (Wildman–Crippen LogP) is 2.49. The van der Waals surface area contributed by atoms with Gasteiger partial charge in [0.25, 0.3) is 10.0 Å². The molecule has 0 aliphatic rings. The Kier molecular flexibility index (Phi) is 7.08. The summed E-state index contributed by atoms with van der Waals surface area (Å²) in [6.07, 6.45) is -0.479. The van der Waals surface area contributed by atoms with E-state index >= 15 is 0 Å². The standard InChI is InChI=1S/C17H21F2N3O5S/c1-4-6-10-7-5-8-11(14(10)22-28(24,25)17(18)19)15(23)16-20-12(26-2)9-13(21-16)27-3/h5,7-9,15,17,22-23H,4,6H2,1-3H3. The van der Waals surface area contributed by atoms with Gasteiger partial charge in [0, 0.05) is 5.56 Å². The van der Waals surface area contributed by atoms with Crippen LogP contribution in [-0.4, -0.2) is 43.5 Å². The number of para-hydroxylation sites is 1. The van der Waals surface area contributed by atoms with Crippen LogP contribution in [0.2, 0.25) is 0 Å². The molecule has 0 aliphatic carbocycles. The van der Waals surface area contributed by atoms with Gasteiger partial charge in [-0.25, -0.2) is 8.42 Å². The van der Waals surface area contributed by atoms with Crippen molar-refractivity contribution in [3.8, 4) is 11.8 Å². The number of anilines is 1. The normalized spacial score (nSPS) is 12.7. The van der Waals surface area contributed by atoms with E-state index in [0.29, 0.717) is 18.4 Å². The highest BCUT2D eigenvalue weighted by atomic mass is 32.2. The first-order chi connectivity index (χ1) is 13.2. The number of methoxy groups -OCH3 is 2. The molecule has 1 aromatic heterocycles. The summed E-state index contributed by atoms with van der Waals surface area (Å²) in [7, 11) is -2.21. The van der Waals surface area contributed by atoms with E-state index in [4.69, 9.17) is 9.47 Å². The molecule has 0 aliphatic heterocycles. The van der Waals surface area contributed by atoms with Crippen LogP contribution in [0.15, 0.2) is 24.3 Å². The Bertz CT molecular complexity index is 903. The van der Waals surface area contributed by atoms with Crippen LogP contribution >= 0.6 is 0 Å². The monoisotopic (exact) mass is 417 g/mol. The van der Waals surface area contributed by atoms with Gasteiger partial charge in [-0.1, -0.05) is 31.5 Å². The molecular weight excluding hydrogens is 396 g/mol. The third-order valence-corrected chi connectivity index (χ3v) is 4.79. The summed E-state index contributed by atoms with van der Waals surface area (Å²) in [5.74, 6) is -3.54. The molecule has 0 spiro atoms. The SMILES string of the molecule is CCCc1cccc(C(O)c2nc(OC)cc(OC)n2)c1NS(=O)(=O)C(F)F. The van der Waals surface area contributed by atoms with E-state index in [0.717, 1.165) is 0 Å². The predicted molar refractivity (Wildman–Crippen MR) is 98.2 cm³/mol. The van der Waals surface area contributed by atoms with E-state index < -0.39 is 21.9 Å². The van der Waals surface area contributed by atoms with Gasteiger partial charge in [-0.15, -0.1) is 0 Å². The largest absolute Gasteiger partial charge is 0.481 e. The number of ether oxygens (including phenoxy) is 2. The number of nitrogens with one attached hydrogen (secondary N) is 1. The molecule has 8 nitrogen and oxygen atoms in total. The third kappa shape index (κ3) is 4.84. The summed E-state index contributed by atoms with van der Waals surface area (Å²) in [5.41, 5.74) is 0.367. The molecule has 2 rings (SSSR count). The fraction of sp³-hybridized carbons (Fsp3) is 0.412. The average Bonchev–Trinajstić information content (AvgIpc) is 2.68. The minimum atomic E-state index is -4.94. The Morgan fingerprint density at radius 1 is 1.18 bits per heavy atom. The van der Waals surface area contributed by atoms with E-state index in [-0.39, 0.29) is 28.8 Å². The van der Waals surface area contributed by atoms with Crippen molar-refractivity contribution in [2.24, 2.45) is 0 Å². The second kappa shape index (κ2) is 9.11. The van der Waals surface area contributed by atoms with E-state index in [1.165, 1.54) is 26.4 Å². The van der Waals surface area contributed by atoms with Gasteiger partial charge in [0.1, 0.15) is 6.10 Å². The molecule has 154 valence electrons. The molecule has 0 amide bonds. The summed E-state index contributed by atoms with van der Waals surface area (Å²) in [6, 6.07) is 5.98. The summed E-state index contributed by atoms with van der Waals surface area (Å²) < 4.78 is 61.3. The highest BCUT2D eigenvalue weighted by Crippen LogP contribution is 2.33. The average molecular weight is 417 g/mol. The first-order valence-electron chi connectivity index (χ1n) is 8.30. The quantitative estimate of drug-likeness (QED) is 0.645. The van der Waals surface area contributed by atoms with E-state index in [2.05, 4.69) is 9.97 Å². The summed E-state index contributed by atoms with van der Waals surface area (Å²) in [4.78, 5) is 8.07. The molecule has 2 N–H and O–H groups in total. The van der Waals surface area contributed by atoms with Gasteiger partial charge < -0.3 is 14.6 Å². The summed E-state index contributed by atoms with van der Waals surface area (Å²) in [6.45, 7) is 1.85. The van der Waals surface area contributed by atoms with Gasteiger partial charge in [-0.05, 0) is 12.0 Å². The lowest BCUT2D eigenvalue weighted by atomic mass is 9.99. The number of hydrogen-bond acceptors (Lipinski definition) is 7. The van der Waals surface area contributed by atoms with Crippen LogP contribution in [0.1, 0.15) is 36.4 Å². The van der Waals surface area contributed by atoms with Gasteiger partial charge in [0.15, 0.2) is 5.82 Å². The fourth-order valence-electron chi connectivity index (χ4n) is 2.53. The van der Waals surface area contributed by atoms with Crippen LogP contribution in [0.25, 0.3) is 0 Å². The maximum Gasteiger partial charge on any atom is 0.355 e. The van der Waals surface area contributed by atoms with E-state index in [1.807, 2.05) is 11.6 Å². The number of nitrogens with zero attached hydrogens (tertiary/aromatic N) is 2. The zero-order chi connectivity index (χ0) is 20.9. The molecule has 1 unspecified atom stereocenters. The number of rotatable bonds is 9. The first kappa shape index (κ1) is 21.8. The Labute approximate surface area is 161 Å². The van der Waals surface area contributed by atoms with Crippen molar-refractivity contribution in [3.05, 3.63) is 41.2 Å². The molecule has 1 aromatic carbocycles. The number of benzene rings is 1. The molecule has 1 heterocycles. The van der Waals surface area contributed by atoms with Crippen LogP contribution in [0.5, 0.6) is 11.8 Å². The third-order valence-electron chi connectivity index (χ3n) is 3.84. The summed E-state index contributed by atoms with van der Waals surface area (Å²) >= 11 is 0. The van der Waals surface area contributed by atoms with Gasteiger partial charge in [-0.3, -0.25) is 4.72 Å². The van der Waals surface area contributed by atoms with Crippen LogP contribution in [-0.2, 0) is 16.4 Å². The number of aliphatic hydroxyl groups excluding tert-OH is 1. The van der Waals surface area contributed by atoms with Gasteiger partial charge in [0.05, 0.1) is 26.0 Å². The number of sulfonamides is 1. The van der Waals surface area contributed by atoms with Gasteiger partial charge >= 0.3 is 5.76 Å². The second-order valence-electron chi connectivity index (χ2n) is 5.75. The molecular formula is C17H21F2N3O5S. The number of aryl methyl sites for hydroxylation is 1. The van der Waals surface area contributed by atoms with Gasteiger partial charge in [-0.2, -0.15) is 18.7 Å². The number of aromatic nitrogens is 2. The maximum atomic E-state index is 12.9. The van der Waals surface area contributed by atoms with Crippen LogP contribution < -0.4 is 14.2 Å². The van der Waals surface area contributed by atoms with Crippen LogP contribution in [0, 0.1) is 0 Å². The van der Waals surface area contributed by atoms with Crippen molar-refractivity contribution in [1.82, 2.24) is 9.97 Å². The van der Waals surface area contributed by atoms with Crippen LogP contribution in [0.3, 0.4) is 0 Å². The van der Waals surface area contributed by atoms with Gasteiger partial charge in [0.2, 0.25) is 11.8 Å². The van der Waals surface area contributed by atoms with Crippen molar-refractivity contribution in [2.45, 2.75) is 31.6 Å². The molecule has 0 fully saturated rings. The molecule has 0 saturated carbocycles. The van der Waals surface area contributed by atoms with Crippen molar-refractivity contribution < 1.29 is 31.8 Å². The first-order valence-corrected chi connectivity index (χ1v) is 9.84. The van der Waals surface area contributed by atoms with Crippen molar-refractivity contribution in [3.63, 3.8) is 0 Å². The molecule has 28 heavy (non-hydrogen) atoms. The second-order valence-corrected chi connectivity index (χ2v) is 7.40. The lowest BCUT2D eigenvalue weighted by Crippen LogP contribution is -2.23. The number of halogens is 2. The summed E-state index contributed by atoms with van der Waals surface area (Å²) in [5, 5.41) is 10.8. The lowest BCUT2D eigenvalue weighted by Gasteiger charge is -2.20. The molecule has 0 saturated heterocycles. The molecule has 11 heteroatoms. The number of aliphatic hydroxyl groups is 1. The minimum absolute atomic E-state index is 0.0329. The molecule has 2 aromatic rings. The smallest absolute Gasteiger partial charge is 0.355 e. The molecule has 1 atom stereocenters. The van der Waals surface area contributed by atoms with E-state index in [1.54, 1.807) is 12.1 Å². The Morgan fingerprint density at radius 2 is 1.79 bits per heavy atom. The Hall–Kier alpha value is -2.53. The topological polar surface area (TPSA) is 111 Å². The molecule has 0 radical (unpaired) electrons. The lowest BCUT2D eigenvalue weighted by molar-refractivity contribution is 0.206. The van der Waals surface area contributed by atoms with Crippen molar-refractivity contribution >= 4 is 15.7 Å². The fourth-order valence-corrected chi connectivity index (χ4v) is 3.15. The van der Waals surface area contributed by atoms with Crippen molar-refractivity contribution in [1.29, 1.82) is 0 Å². The minimum Gasteiger partial charge on any atom is -0.481 e. The van der Waals surface area contributed by atoms with Crippen LogP contribution in [0.4, 0.5) is 14.5 Å². The number of hydrogen-bond donors (Lipinski definition) is 2.